The van der Waals surface area contributed by atoms with Crippen LogP contribution in [0.5, 0.6) is 0 Å². The van der Waals surface area contributed by atoms with Crippen LogP contribution in [0.3, 0.4) is 0 Å². The molecule has 29 heavy (non-hydrogen) atoms. The van der Waals surface area contributed by atoms with Crippen LogP contribution in [0, 0.1) is 0 Å². The average molecular weight is 430 g/mol. The van der Waals surface area contributed by atoms with Crippen molar-refractivity contribution in [1.29, 1.82) is 0 Å². The number of carbonyl (C=O) groups is 2. The first-order valence-corrected chi connectivity index (χ1v) is 11.4. The lowest BCUT2D eigenvalue weighted by molar-refractivity contribution is -0.113. The van der Waals surface area contributed by atoms with Crippen LogP contribution in [-0.4, -0.2) is 40.5 Å². The van der Waals surface area contributed by atoms with Gasteiger partial charge in [-0.05, 0) is 50.2 Å². The van der Waals surface area contributed by atoms with Gasteiger partial charge in [0.15, 0.2) is 10.8 Å². The molecule has 1 aromatic carbocycles. The molecule has 6 nitrogen and oxygen atoms in total. The molecule has 152 valence electrons. The number of nitrogens with one attached hydrogen (secondary N) is 1. The van der Waals surface area contributed by atoms with Gasteiger partial charge < -0.3 is 14.6 Å². The fraction of sp³-hybridized carbons (Fsp3) is 0.286. The van der Waals surface area contributed by atoms with Crippen LogP contribution in [0.2, 0.25) is 0 Å². The van der Waals surface area contributed by atoms with Gasteiger partial charge in [0.05, 0.1) is 17.7 Å². The molecule has 0 atom stereocenters. The van der Waals surface area contributed by atoms with Crippen molar-refractivity contribution in [3.8, 4) is 10.8 Å². The number of carbonyl (C=O) groups excluding carboxylic acids is 2. The second kappa shape index (κ2) is 10.3. The van der Waals surface area contributed by atoms with Crippen molar-refractivity contribution in [3.05, 3.63) is 59.3 Å². The zero-order valence-electron chi connectivity index (χ0n) is 16.4. The van der Waals surface area contributed by atoms with Gasteiger partial charge in [-0.25, -0.2) is 4.98 Å². The number of hydrogen-bond donors (Lipinski definition) is 1. The molecule has 3 aromatic rings. The summed E-state index contributed by atoms with van der Waals surface area (Å²) in [5, 5.41) is 5.68. The third-order valence-electron chi connectivity index (χ3n) is 4.23. The summed E-state index contributed by atoms with van der Waals surface area (Å²) in [4.78, 5) is 30.8. The summed E-state index contributed by atoms with van der Waals surface area (Å²) in [6.07, 6.45) is 1.63. The van der Waals surface area contributed by atoms with Gasteiger partial charge in [0.2, 0.25) is 5.91 Å². The number of anilines is 1. The quantitative estimate of drug-likeness (QED) is 0.531. The molecule has 0 aliphatic heterocycles. The molecule has 0 aliphatic rings. The first-order valence-electron chi connectivity index (χ1n) is 9.36. The Morgan fingerprint density at radius 1 is 1.17 bits per heavy atom. The molecule has 2 aromatic heterocycles. The predicted octanol–water partition coefficient (Wildman–Crippen LogP) is 4.76. The summed E-state index contributed by atoms with van der Waals surface area (Å²) in [6.45, 7) is 5.26. The second-order valence-corrected chi connectivity index (χ2v) is 8.06. The number of amides is 2. The molecule has 0 spiro atoms. The first-order chi connectivity index (χ1) is 14.1. The van der Waals surface area contributed by atoms with Gasteiger partial charge in [-0.15, -0.1) is 23.1 Å². The predicted molar refractivity (Wildman–Crippen MR) is 118 cm³/mol. The fourth-order valence-electron chi connectivity index (χ4n) is 2.72. The lowest BCUT2D eigenvalue weighted by atomic mass is 10.2. The number of benzene rings is 1. The molecule has 8 heteroatoms. The van der Waals surface area contributed by atoms with Gasteiger partial charge in [0.25, 0.3) is 5.91 Å². The number of hydrogen-bond acceptors (Lipinski definition) is 6. The Morgan fingerprint density at radius 3 is 2.59 bits per heavy atom. The van der Waals surface area contributed by atoms with Crippen molar-refractivity contribution < 1.29 is 14.0 Å². The SMILES string of the molecule is CCN(CC)C(=O)c1ccc(NC(=O)CSCc2csc(-c3ccco3)n2)cc1. The van der Waals surface area contributed by atoms with Crippen LogP contribution in [0.4, 0.5) is 5.69 Å². The van der Waals surface area contributed by atoms with E-state index in [9.17, 15) is 9.59 Å². The van der Waals surface area contributed by atoms with Crippen LogP contribution in [0.25, 0.3) is 10.8 Å². The highest BCUT2D eigenvalue weighted by Gasteiger charge is 2.12. The van der Waals surface area contributed by atoms with Crippen molar-refractivity contribution in [2.45, 2.75) is 19.6 Å². The van der Waals surface area contributed by atoms with Gasteiger partial charge in [-0.1, -0.05) is 0 Å². The van der Waals surface area contributed by atoms with Crippen LogP contribution in [-0.2, 0) is 10.5 Å². The molecular formula is C21H23N3O3S2. The Balaban J connectivity index is 1.45. The van der Waals surface area contributed by atoms with E-state index < -0.39 is 0 Å². The normalized spacial score (nSPS) is 10.7. The van der Waals surface area contributed by atoms with Crippen molar-refractivity contribution in [1.82, 2.24) is 9.88 Å². The van der Waals surface area contributed by atoms with E-state index in [0.29, 0.717) is 35.8 Å². The molecule has 0 radical (unpaired) electrons. The number of furan rings is 1. The van der Waals surface area contributed by atoms with Crippen LogP contribution < -0.4 is 5.32 Å². The zero-order valence-corrected chi connectivity index (χ0v) is 18.0. The highest BCUT2D eigenvalue weighted by Crippen LogP contribution is 2.25. The average Bonchev–Trinajstić information content (AvgIpc) is 3.41. The van der Waals surface area contributed by atoms with E-state index in [0.717, 1.165) is 16.5 Å². The minimum Gasteiger partial charge on any atom is -0.462 e. The minimum atomic E-state index is -0.0840. The van der Waals surface area contributed by atoms with Gasteiger partial charge >= 0.3 is 0 Å². The maximum atomic E-state index is 12.3. The monoisotopic (exact) mass is 429 g/mol. The standard InChI is InChI=1S/C21H23N3O3S2/c1-3-24(4-2)21(26)15-7-9-16(10-8-15)22-19(25)14-28-12-17-13-29-20(23-17)18-6-5-11-27-18/h5-11,13H,3-4,12,14H2,1-2H3,(H,22,25). The van der Waals surface area contributed by atoms with Gasteiger partial charge in [-0.2, -0.15) is 0 Å². The fourth-order valence-corrected chi connectivity index (χ4v) is 4.33. The summed E-state index contributed by atoms with van der Waals surface area (Å²) >= 11 is 3.03. The summed E-state index contributed by atoms with van der Waals surface area (Å²) in [5.41, 5.74) is 2.23. The molecule has 0 saturated carbocycles. The van der Waals surface area contributed by atoms with E-state index in [1.54, 1.807) is 35.4 Å². The first kappa shape index (κ1) is 21.1. The third-order valence-corrected chi connectivity index (χ3v) is 6.10. The highest BCUT2D eigenvalue weighted by molar-refractivity contribution is 7.99. The van der Waals surface area contributed by atoms with E-state index in [2.05, 4.69) is 10.3 Å². The minimum absolute atomic E-state index is 0.000567. The van der Waals surface area contributed by atoms with Gasteiger partial charge in [0, 0.05) is 35.5 Å². The third kappa shape index (κ3) is 5.71. The molecule has 0 saturated heterocycles. The van der Waals surface area contributed by atoms with Crippen molar-refractivity contribution in [2.24, 2.45) is 0 Å². The molecule has 2 amide bonds. The van der Waals surface area contributed by atoms with E-state index >= 15 is 0 Å². The molecule has 0 unspecified atom stereocenters. The van der Waals surface area contributed by atoms with Gasteiger partial charge in [0.1, 0.15) is 0 Å². The Kier molecular flexibility index (Phi) is 7.48. The van der Waals surface area contributed by atoms with Crippen LogP contribution in [0.1, 0.15) is 29.9 Å². The molecular weight excluding hydrogens is 406 g/mol. The molecule has 1 N–H and O–H groups in total. The van der Waals surface area contributed by atoms with Crippen LogP contribution >= 0.6 is 23.1 Å². The largest absolute Gasteiger partial charge is 0.462 e. The van der Waals surface area contributed by atoms with Crippen molar-refractivity contribution >= 4 is 40.6 Å². The Morgan fingerprint density at radius 2 is 1.93 bits per heavy atom. The molecule has 0 bridgehead atoms. The van der Waals surface area contributed by atoms with Crippen molar-refractivity contribution in [3.63, 3.8) is 0 Å². The summed E-state index contributed by atoms with van der Waals surface area (Å²) in [5.74, 6) is 1.65. The van der Waals surface area contributed by atoms with Crippen molar-refractivity contribution in [2.75, 3.05) is 24.2 Å². The van der Waals surface area contributed by atoms with E-state index in [1.165, 1.54) is 23.1 Å². The summed E-state index contributed by atoms with van der Waals surface area (Å²) in [6, 6.07) is 10.7. The lowest BCUT2D eigenvalue weighted by Gasteiger charge is -2.18. The Hall–Kier alpha value is -2.58. The second-order valence-electron chi connectivity index (χ2n) is 6.22. The van der Waals surface area contributed by atoms with Crippen LogP contribution in [0.15, 0.2) is 52.5 Å². The summed E-state index contributed by atoms with van der Waals surface area (Å²) < 4.78 is 5.34. The number of thioether (sulfide) groups is 1. The highest BCUT2D eigenvalue weighted by atomic mass is 32.2. The van der Waals surface area contributed by atoms with E-state index in [1.807, 2.05) is 31.4 Å². The maximum Gasteiger partial charge on any atom is 0.253 e. The topological polar surface area (TPSA) is 75.4 Å². The van der Waals surface area contributed by atoms with Gasteiger partial charge in [-0.3, -0.25) is 9.59 Å². The van der Waals surface area contributed by atoms with E-state index in [-0.39, 0.29) is 11.8 Å². The lowest BCUT2D eigenvalue weighted by Crippen LogP contribution is -2.30. The summed E-state index contributed by atoms with van der Waals surface area (Å²) in [7, 11) is 0. The Bertz CT molecular complexity index is 933. The number of thiazole rings is 1. The van der Waals surface area contributed by atoms with E-state index in [4.69, 9.17) is 4.42 Å². The smallest absolute Gasteiger partial charge is 0.253 e. The molecule has 2 heterocycles. The number of nitrogens with zero attached hydrogens (tertiary/aromatic N) is 2. The zero-order chi connectivity index (χ0) is 20.6. The maximum absolute atomic E-state index is 12.3. The number of aromatic nitrogens is 1. The molecule has 0 aliphatic carbocycles. The molecule has 3 rings (SSSR count). The number of rotatable bonds is 9. The molecule has 0 fully saturated rings. The Labute approximate surface area is 178 Å².